The first-order chi connectivity index (χ1) is 9.85. The van der Waals surface area contributed by atoms with Crippen LogP contribution >= 0.6 is 0 Å². The molecule has 1 N–H and O–H groups in total. The lowest BCUT2D eigenvalue weighted by Gasteiger charge is -2.29. The SMILES string of the molecule is COC1CCCC(Nc2ccc(N3CCCC3)cc2)C1. The van der Waals surface area contributed by atoms with E-state index in [1.165, 1.54) is 56.6 Å². The monoisotopic (exact) mass is 274 g/mol. The van der Waals surface area contributed by atoms with Gasteiger partial charge in [0.25, 0.3) is 0 Å². The third-order valence-electron chi connectivity index (χ3n) is 4.67. The second kappa shape index (κ2) is 6.49. The number of methoxy groups -OCH3 is 1. The first-order valence-corrected chi connectivity index (χ1v) is 7.99. The summed E-state index contributed by atoms with van der Waals surface area (Å²) < 4.78 is 5.50. The molecular weight excluding hydrogens is 248 g/mol. The lowest BCUT2D eigenvalue weighted by atomic mass is 9.92. The van der Waals surface area contributed by atoms with Crippen LogP contribution in [-0.2, 0) is 4.74 Å². The van der Waals surface area contributed by atoms with Gasteiger partial charge in [0.1, 0.15) is 0 Å². The van der Waals surface area contributed by atoms with E-state index in [1.54, 1.807) is 0 Å². The molecule has 1 saturated heterocycles. The Morgan fingerprint density at radius 3 is 2.50 bits per heavy atom. The maximum absolute atomic E-state index is 5.50. The zero-order chi connectivity index (χ0) is 13.8. The molecule has 20 heavy (non-hydrogen) atoms. The van der Waals surface area contributed by atoms with Crippen molar-refractivity contribution in [2.75, 3.05) is 30.4 Å². The Morgan fingerprint density at radius 1 is 1.05 bits per heavy atom. The Bertz CT molecular complexity index is 412. The molecule has 0 spiro atoms. The topological polar surface area (TPSA) is 24.5 Å². The summed E-state index contributed by atoms with van der Waals surface area (Å²) in [4.78, 5) is 2.48. The van der Waals surface area contributed by atoms with Crippen LogP contribution in [0.5, 0.6) is 0 Å². The molecule has 0 amide bonds. The summed E-state index contributed by atoms with van der Waals surface area (Å²) in [6.07, 6.45) is 7.97. The zero-order valence-electron chi connectivity index (χ0n) is 12.5. The first kappa shape index (κ1) is 13.7. The summed E-state index contributed by atoms with van der Waals surface area (Å²) in [6.45, 7) is 2.43. The quantitative estimate of drug-likeness (QED) is 0.907. The highest BCUT2D eigenvalue weighted by atomic mass is 16.5. The number of nitrogens with one attached hydrogen (secondary N) is 1. The van der Waals surface area contributed by atoms with Crippen molar-refractivity contribution >= 4 is 11.4 Å². The van der Waals surface area contributed by atoms with Gasteiger partial charge in [-0.25, -0.2) is 0 Å². The smallest absolute Gasteiger partial charge is 0.0590 e. The van der Waals surface area contributed by atoms with Crippen molar-refractivity contribution < 1.29 is 4.74 Å². The molecule has 2 unspecified atom stereocenters. The molecule has 0 radical (unpaired) electrons. The molecule has 1 aliphatic carbocycles. The molecule has 0 bridgehead atoms. The molecule has 0 aromatic heterocycles. The van der Waals surface area contributed by atoms with E-state index in [0.29, 0.717) is 12.1 Å². The van der Waals surface area contributed by atoms with Crippen LogP contribution in [0, 0.1) is 0 Å². The van der Waals surface area contributed by atoms with Crippen molar-refractivity contribution in [2.45, 2.75) is 50.7 Å². The minimum absolute atomic E-state index is 0.435. The molecule has 1 heterocycles. The van der Waals surface area contributed by atoms with Gasteiger partial charge in [-0.3, -0.25) is 0 Å². The molecular formula is C17H26N2O. The Kier molecular flexibility index (Phi) is 4.46. The fourth-order valence-corrected chi connectivity index (χ4v) is 3.47. The third-order valence-corrected chi connectivity index (χ3v) is 4.67. The number of nitrogens with zero attached hydrogens (tertiary/aromatic N) is 1. The van der Waals surface area contributed by atoms with Crippen LogP contribution in [0.1, 0.15) is 38.5 Å². The molecule has 2 aliphatic rings. The zero-order valence-corrected chi connectivity index (χ0v) is 12.5. The first-order valence-electron chi connectivity index (χ1n) is 7.99. The van der Waals surface area contributed by atoms with Gasteiger partial charge < -0.3 is 15.0 Å². The fraction of sp³-hybridized carbons (Fsp3) is 0.647. The van der Waals surface area contributed by atoms with Gasteiger partial charge in [-0.2, -0.15) is 0 Å². The number of anilines is 2. The fourth-order valence-electron chi connectivity index (χ4n) is 3.47. The molecule has 2 atom stereocenters. The third kappa shape index (κ3) is 3.26. The minimum Gasteiger partial charge on any atom is -0.382 e. The Labute approximate surface area is 122 Å². The van der Waals surface area contributed by atoms with E-state index in [4.69, 9.17) is 4.74 Å². The van der Waals surface area contributed by atoms with Crippen LogP contribution in [0.25, 0.3) is 0 Å². The average Bonchev–Trinajstić information content (AvgIpc) is 3.02. The molecule has 3 nitrogen and oxygen atoms in total. The number of ether oxygens (including phenoxy) is 1. The summed E-state index contributed by atoms with van der Waals surface area (Å²) >= 11 is 0. The van der Waals surface area contributed by atoms with Crippen molar-refractivity contribution in [3.8, 4) is 0 Å². The van der Waals surface area contributed by atoms with E-state index in [1.807, 2.05) is 7.11 Å². The van der Waals surface area contributed by atoms with Crippen LogP contribution < -0.4 is 10.2 Å². The van der Waals surface area contributed by atoms with E-state index >= 15 is 0 Å². The second-order valence-electron chi connectivity index (χ2n) is 6.11. The van der Waals surface area contributed by atoms with Crippen LogP contribution in [0.2, 0.25) is 0 Å². The number of benzene rings is 1. The van der Waals surface area contributed by atoms with Gasteiger partial charge in [-0.15, -0.1) is 0 Å². The predicted molar refractivity (Wildman–Crippen MR) is 84.6 cm³/mol. The highest BCUT2D eigenvalue weighted by Crippen LogP contribution is 2.26. The van der Waals surface area contributed by atoms with Gasteiger partial charge in [-0.1, -0.05) is 0 Å². The lowest BCUT2D eigenvalue weighted by Crippen LogP contribution is -2.31. The van der Waals surface area contributed by atoms with E-state index < -0.39 is 0 Å². The van der Waals surface area contributed by atoms with E-state index in [-0.39, 0.29) is 0 Å². The highest BCUT2D eigenvalue weighted by molar-refractivity contribution is 5.55. The van der Waals surface area contributed by atoms with Gasteiger partial charge >= 0.3 is 0 Å². The normalized spacial score (nSPS) is 26.8. The molecule has 1 saturated carbocycles. The maximum atomic E-state index is 5.50. The standard InChI is InChI=1S/C17H26N2O/c1-20-17-6-4-5-15(13-17)18-14-7-9-16(10-8-14)19-11-2-3-12-19/h7-10,15,17-18H,2-6,11-13H2,1H3. The lowest BCUT2D eigenvalue weighted by molar-refractivity contribution is 0.0669. The highest BCUT2D eigenvalue weighted by Gasteiger charge is 2.21. The molecule has 1 aromatic carbocycles. The van der Waals surface area contributed by atoms with Crippen molar-refractivity contribution in [2.24, 2.45) is 0 Å². The van der Waals surface area contributed by atoms with Crippen LogP contribution in [-0.4, -0.2) is 32.3 Å². The molecule has 3 rings (SSSR count). The number of rotatable bonds is 4. The van der Waals surface area contributed by atoms with Crippen molar-refractivity contribution in [1.29, 1.82) is 0 Å². The van der Waals surface area contributed by atoms with Crippen molar-refractivity contribution in [3.63, 3.8) is 0 Å². The number of hydrogen-bond donors (Lipinski definition) is 1. The molecule has 3 heteroatoms. The Hall–Kier alpha value is -1.22. The van der Waals surface area contributed by atoms with Gasteiger partial charge in [-0.05, 0) is 62.8 Å². The van der Waals surface area contributed by atoms with Crippen molar-refractivity contribution in [1.82, 2.24) is 0 Å². The minimum atomic E-state index is 0.435. The van der Waals surface area contributed by atoms with E-state index in [2.05, 4.69) is 34.5 Å². The summed E-state index contributed by atoms with van der Waals surface area (Å²) in [5.74, 6) is 0. The molecule has 1 aliphatic heterocycles. The van der Waals surface area contributed by atoms with Gasteiger partial charge in [0.05, 0.1) is 6.10 Å². The van der Waals surface area contributed by atoms with Gasteiger partial charge in [0.15, 0.2) is 0 Å². The molecule has 2 fully saturated rings. The number of hydrogen-bond acceptors (Lipinski definition) is 3. The summed E-state index contributed by atoms with van der Waals surface area (Å²) in [5.41, 5.74) is 2.61. The van der Waals surface area contributed by atoms with Gasteiger partial charge in [0.2, 0.25) is 0 Å². The van der Waals surface area contributed by atoms with Crippen LogP contribution in [0.4, 0.5) is 11.4 Å². The summed E-state index contributed by atoms with van der Waals surface area (Å²) in [7, 11) is 1.83. The predicted octanol–water partition coefficient (Wildman–Crippen LogP) is 3.66. The van der Waals surface area contributed by atoms with E-state index in [9.17, 15) is 0 Å². The van der Waals surface area contributed by atoms with Crippen molar-refractivity contribution in [3.05, 3.63) is 24.3 Å². The largest absolute Gasteiger partial charge is 0.382 e. The summed E-state index contributed by atoms with van der Waals surface area (Å²) in [5, 5.41) is 3.66. The maximum Gasteiger partial charge on any atom is 0.0590 e. The Balaban J connectivity index is 1.57. The second-order valence-corrected chi connectivity index (χ2v) is 6.11. The van der Waals surface area contributed by atoms with E-state index in [0.717, 1.165) is 6.42 Å². The molecule has 110 valence electrons. The van der Waals surface area contributed by atoms with Crippen LogP contribution in [0.3, 0.4) is 0 Å². The average molecular weight is 274 g/mol. The van der Waals surface area contributed by atoms with Gasteiger partial charge in [0, 0.05) is 37.6 Å². The molecule has 1 aromatic rings. The Morgan fingerprint density at radius 2 is 1.80 bits per heavy atom. The summed E-state index contributed by atoms with van der Waals surface area (Å²) in [6, 6.07) is 9.52. The van der Waals surface area contributed by atoms with Crippen LogP contribution in [0.15, 0.2) is 24.3 Å².